The first-order valence-corrected chi connectivity index (χ1v) is 7.64. The third-order valence-electron chi connectivity index (χ3n) is 4.03. The first-order chi connectivity index (χ1) is 9.38. The molecule has 1 atom stereocenters. The van der Waals surface area contributed by atoms with Gasteiger partial charge >= 0.3 is 6.61 Å². The van der Waals surface area contributed by atoms with Crippen molar-refractivity contribution >= 4 is 15.9 Å². The molecule has 1 unspecified atom stereocenters. The van der Waals surface area contributed by atoms with Crippen molar-refractivity contribution in [3.8, 4) is 5.75 Å². The van der Waals surface area contributed by atoms with Crippen LogP contribution < -0.4 is 10.1 Å². The predicted octanol–water partition coefficient (Wildman–Crippen LogP) is 4.72. The smallest absolute Gasteiger partial charge is 0.387 e. The maximum absolute atomic E-state index is 12.4. The van der Waals surface area contributed by atoms with Gasteiger partial charge in [-0.25, -0.2) is 0 Å². The van der Waals surface area contributed by atoms with Crippen LogP contribution in [-0.4, -0.2) is 12.7 Å². The van der Waals surface area contributed by atoms with Crippen LogP contribution in [0.1, 0.15) is 38.7 Å². The second kappa shape index (κ2) is 6.39. The van der Waals surface area contributed by atoms with Gasteiger partial charge in [-0.2, -0.15) is 8.78 Å². The number of benzene rings is 1. The van der Waals surface area contributed by atoms with Crippen LogP contribution in [0.15, 0.2) is 22.7 Å². The van der Waals surface area contributed by atoms with Crippen molar-refractivity contribution in [2.45, 2.75) is 52.3 Å². The van der Waals surface area contributed by atoms with Gasteiger partial charge in [0.05, 0.1) is 0 Å². The maximum atomic E-state index is 12.4. The molecular weight excluding hydrogens is 328 g/mol. The zero-order valence-electron chi connectivity index (χ0n) is 11.8. The molecule has 20 heavy (non-hydrogen) atoms. The average Bonchev–Trinajstić information content (AvgIpc) is 2.68. The molecule has 0 aromatic heterocycles. The van der Waals surface area contributed by atoms with Crippen LogP contribution in [-0.2, 0) is 6.54 Å². The van der Waals surface area contributed by atoms with Gasteiger partial charge in [0.1, 0.15) is 5.75 Å². The van der Waals surface area contributed by atoms with Crippen LogP contribution in [0.3, 0.4) is 0 Å². The Morgan fingerprint density at radius 3 is 2.80 bits per heavy atom. The van der Waals surface area contributed by atoms with Gasteiger partial charge in [-0.05, 0) is 36.5 Å². The molecule has 0 heterocycles. The predicted molar refractivity (Wildman–Crippen MR) is 79.0 cm³/mol. The van der Waals surface area contributed by atoms with Gasteiger partial charge in [-0.1, -0.05) is 36.2 Å². The molecule has 0 saturated heterocycles. The summed E-state index contributed by atoms with van der Waals surface area (Å²) in [5, 5.41) is 3.48. The van der Waals surface area contributed by atoms with E-state index in [1.807, 2.05) is 6.07 Å². The zero-order chi connectivity index (χ0) is 14.8. The SMILES string of the molecule is CC1(C)CCCC1NCc1cc(Br)ccc1OC(F)F. The minimum Gasteiger partial charge on any atom is -0.434 e. The normalized spacial score (nSPS) is 21.4. The molecule has 112 valence electrons. The van der Waals surface area contributed by atoms with Crippen LogP contribution in [0, 0.1) is 5.41 Å². The van der Waals surface area contributed by atoms with Crippen molar-refractivity contribution in [2.75, 3.05) is 0 Å². The van der Waals surface area contributed by atoms with Gasteiger partial charge in [0.25, 0.3) is 0 Å². The van der Waals surface area contributed by atoms with Crippen molar-refractivity contribution < 1.29 is 13.5 Å². The van der Waals surface area contributed by atoms with Crippen molar-refractivity contribution in [1.82, 2.24) is 5.32 Å². The Kier molecular flexibility index (Phi) is 5.02. The Balaban J connectivity index is 2.06. The summed E-state index contributed by atoms with van der Waals surface area (Å²) in [7, 11) is 0. The quantitative estimate of drug-likeness (QED) is 0.832. The van der Waals surface area contributed by atoms with Gasteiger partial charge in [-0.3, -0.25) is 0 Å². The Morgan fingerprint density at radius 2 is 2.20 bits per heavy atom. The van der Waals surface area contributed by atoms with Crippen LogP contribution >= 0.6 is 15.9 Å². The molecule has 0 amide bonds. The standard InChI is InChI=1S/C15H20BrF2NO/c1-15(2)7-3-4-13(15)19-9-10-8-11(16)5-6-12(10)20-14(17)18/h5-6,8,13-14,19H,3-4,7,9H2,1-2H3. The third-order valence-corrected chi connectivity index (χ3v) is 4.53. The zero-order valence-corrected chi connectivity index (χ0v) is 13.3. The van der Waals surface area contributed by atoms with E-state index < -0.39 is 6.61 Å². The van der Waals surface area contributed by atoms with Crippen LogP contribution in [0.2, 0.25) is 0 Å². The fourth-order valence-electron chi connectivity index (χ4n) is 2.84. The minimum absolute atomic E-state index is 0.242. The van der Waals surface area contributed by atoms with Crippen molar-refractivity contribution in [3.05, 3.63) is 28.2 Å². The van der Waals surface area contributed by atoms with Gasteiger partial charge < -0.3 is 10.1 Å². The highest BCUT2D eigenvalue weighted by molar-refractivity contribution is 9.10. The van der Waals surface area contributed by atoms with Gasteiger partial charge in [0.2, 0.25) is 0 Å². The molecule has 1 aromatic rings. The highest BCUT2D eigenvalue weighted by atomic mass is 79.9. The number of halogens is 3. The fourth-order valence-corrected chi connectivity index (χ4v) is 3.24. The van der Waals surface area contributed by atoms with E-state index in [1.165, 1.54) is 12.8 Å². The lowest BCUT2D eigenvalue weighted by Gasteiger charge is -2.28. The molecule has 0 aliphatic heterocycles. The summed E-state index contributed by atoms with van der Waals surface area (Å²) in [6.45, 7) is 2.23. The summed E-state index contributed by atoms with van der Waals surface area (Å²) < 4.78 is 30.3. The summed E-state index contributed by atoms with van der Waals surface area (Å²) in [6, 6.07) is 5.53. The molecule has 5 heteroatoms. The largest absolute Gasteiger partial charge is 0.434 e. The summed E-state index contributed by atoms with van der Waals surface area (Å²) in [5.74, 6) is 0.242. The molecule has 1 aliphatic rings. The highest BCUT2D eigenvalue weighted by Crippen LogP contribution is 2.37. The van der Waals surface area contributed by atoms with Crippen LogP contribution in [0.5, 0.6) is 5.75 Å². The van der Waals surface area contributed by atoms with E-state index in [4.69, 9.17) is 0 Å². The second-order valence-corrected chi connectivity index (χ2v) is 6.86. The average molecular weight is 348 g/mol. The van der Waals surface area contributed by atoms with Crippen LogP contribution in [0.4, 0.5) is 8.78 Å². The van der Waals surface area contributed by atoms with E-state index in [1.54, 1.807) is 12.1 Å². The van der Waals surface area contributed by atoms with Gasteiger partial charge in [-0.15, -0.1) is 0 Å². The molecule has 0 bridgehead atoms. The lowest BCUT2D eigenvalue weighted by molar-refractivity contribution is -0.0505. The van der Waals surface area contributed by atoms with E-state index >= 15 is 0 Å². The third kappa shape index (κ3) is 3.92. The Labute approximate surface area is 127 Å². The molecule has 1 aliphatic carbocycles. The van der Waals surface area contributed by atoms with Crippen LogP contribution in [0.25, 0.3) is 0 Å². The summed E-state index contributed by atoms with van der Waals surface area (Å²) >= 11 is 3.37. The van der Waals surface area contributed by atoms with Gasteiger partial charge in [0.15, 0.2) is 0 Å². The highest BCUT2D eigenvalue weighted by Gasteiger charge is 2.33. The summed E-state index contributed by atoms with van der Waals surface area (Å²) in [5.41, 5.74) is 1.01. The van der Waals surface area contributed by atoms with Crippen molar-refractivity contribution in [3.63, 3.8) is 0 Å². The number of rotatable bonds is 5. The van der Waals surface area contributed by atoms with E-state index in [0.717, 1.165) is 16.5 Å². The van der Waals surface area contributed by atoms with E-state index in [2.05, 4.69) is 39.8 Å². The number of hydrogen-bond donors (Lipinski definition) is 1. The monoisotopic (exact) mass is 347 g/mol. The number of nitrogens with one attached hydrogen (secondary N) is 1. The Hall–Kier alpha value is -0.680. The number of alkyl halides is 2. The van der Waals surface area contributed by atoms with E-state index in [-0.39, 0.29) is 11.2 Å². The fraction of sp³-hybridized carbons (Fsp3) is 0.600. The van der Waals surface area contributed by atoms with Crippen molar-refractivity contribution in [1.29, 1.82) is 0 Å². The van der Waals surface area contributed by atoms with E-state index in [0.29, 0.717) is 12.6 Å². The number of ether oxygens (including phenoxy) is 1. The Morgan fingerprint density at radius 1 is 1.45 bits per heavy atom. The second-order valence-electron chi connectivity index (χ2n) is 5.94. The molecule has 1 N–H and O–H groups in total. The van der Waals surface area contributed by atoms with E-state index in [9.17, 15) is 8.78 Å². The lowest BCUT2D eigenvalue weighted by Crippen LogP contribution is -2.37. The summed E-state index contributed by atoms with van der Waals surface area (Å²) in [6.07, 6.45) is 3.54. The molecule has 2 rings (SSSR count). The minimum atomic E-state index is -2.79. The first kappa shape index (κ1) is 15.7. The molecule has 1 saturated carbocycles. The Bertz CT molecular complexity index is 465. The molecular formula is C15H20BrF2NO. The number of hydrogen-bond acceptors (Lipinski definition) is 2. The molecule has 1 fully saturated rings. The topological polar surface area (TPSA) is 21.3 Å². The molecule has 0 radical (unpaired) electrons. The lowest BCUT2D eigenvalue weighted by atomic mass is 9.87. The van der Waals surface area contributed by atoms with Gasteiger partial charge in [0, 0.05) is 22.6 Å². The van der Waals surface area contributed by atoms with Crippen molar-refractivity contribution in [2.24, 2.45) is 5.41 Å². The molecule has 0 spiro atoms. The maximum Gasteiger partial charge on any atom is 0.387 e. The molecule has 1 aromatic carbocycles. The summed E-state index contributed by atoms with van der Waals surface area (Å²) in [4.78, 5) is 0. The first-order valence-electron chi connectivity index (χ1n) is 6.85. The molecule has 2 nitrogen and oxygen atoms in total.